The summed E-state index contributed by atoms with van der Waals surface area (Å²) in [6.07, 6.45) is -9.94. The highest BCUT2D eigenvalue weighted by atomic mass is 16.7. The predicted molar refractivity (Wildman–Crippen MR) is 97.7 cm³/mol. The molecule has 29 heavy (non-hydrogen) atoms. The third kappa shape index (κ3) is 4.47. The minimum Gasteiger partial charge on any atom is -0.394 e. The number of fused-ring (bicyclic) bond motifs is 1. The molecule has 10 heteroatoms. The van der Waals surface area contributed by atoms with Gasteiger partial charge >= 0.3 is 0 Å². The molecule has 0 aromatic heterocycles. The predicted octanol–water partition coefficient (Wildman–Crippen LogP) is -1.50. The Morgan fingerprint density at radius 2 is 1.45 bits per heavy atom. The Morgan fingerprint density at radius 1 is 0.862 bits per heavy atom. The molecule has 0 aromatic carbocycles. The van der Waals surface area contributed by atoms with Gasteiger partial charge in [0, 0.05) is 5.92 Å². The lowest BCUT2D eigenvalue weighted by atomic mass is 9.72. The largest absolute Gasteiger partial charge is 0.394 e. The van der Waals surface area contributed by atoms with Gasteiger partial charge in [-0.1, -0.05) is 0 Å². The van der Waals surface area contributed by atoms with Gasteiger partial charge in [-0.15, -0.1) is 0 Å². The highest BCUT2D eigenvalue weighted by Gasteiger charge is 2.61. The highest BCUT2D eigenvalue weighted by molar-refractivity contribution is 5.06. The fraction of sp³-hybridized carbons (Fsp3) is 1.00. The van der Waals surface area contributed by atoms with Crippen molar-refractivity contribution >= 4 is 0 Å². The molecule has 0 bridgehead atoms. The van der Waals surface area contributed by atoms with E-state index < -0.39 is 73.1 Å². The molecule has 3 rings (SSSR count). The molecule has 170 valence electrons. The number of hydrogen-bond acceptors (Lipinski definition) is 10. The number of rotatable bonds is 5. The highest BCUT2D eigenvalue weighted by Crippen LogP contribution is 2.47. The van der Waals surface area contributed by atoms with E-state index in [4.69, 9.17) is 23.7 Å². The summed E-state index contributed by atoms with van der Waals surface area (Å²) in [5.74, 6) is -0.223. The van der Waals surface area contributed by atoms with Crippen LogP contribution in [-0.4, -0.2) is 105 Å². The molecule has 10 unspecified atom stereocenters. The van der Waals surface area contributed by atoms with E-state index in [1.54, 1.807) is 20.8 Å². The van der Waals surface area contributed by atoms with Gasteiger partial charge in [0.1, 0.15) is 30.5 Å². The summed E-state index contributed by atoms with van der Waals surface area (Å²) in [6, 6.07) is 0. The van der Waals surface area contributed by atoms with Crippen molar-refractivity contribution in [3.8, 4) is 0 Å². The summed E-state index contributed by atoms with van der Waals surface area (Å²) in [5.41, 5.74) is -1.21. The normalized spacial score (nSPS) is 47.4. The summed E-state index contributed by atoms with van der Waals surface area (Å²) in [5, 5.41) is 51.1. The van der Waals surface area contributed by atoms with Crippen molar-refractivity contribution in [3.63, 3.8) is 0 Å². The Kier molecular flexibility index (Phi) is 6.63. The molecule has 3 saturated heterocycles. The van der Waals surface area contributed by atoms with Crippen LogP contribution in [0.15, 0.2) is 0 Å². The SMILES string of the molecule is CC(C)(C)OC1OC(CO)C(OC2OC(CO)C3C(OC3(C)C)C2O)C(O)C1O. The van der Waals surface area contributed by atoms with Crippen LogP contribution in [0.5, 0.6) is 0 Å². The molecular weight excluding hydrogens is 388 g/mol. The van der Waals surface area contributed by atoms with E-state index in [2.05, 4.69) is 0 Å². The molecule has 0 saturated carbocycles. The average molecular weight is 422 g/mol. The van der Waals surface area contributed by atoms with Gasteiger partial charge in [-0.3, -0.25) is 0 Å². The molecule has 0 amide bonds. The molecule has 3 fully saturated rings. The lowest BCUT2D eigenvalue weighted by Gasteiger charge is -2.59. The maximum Gasteiger partial charge on any atom is 0.187 e. The van der Waals surface area contributed by atoms with E-state index in [9.17, 15) is 25.5 Å². The summed E-state index contributed by atoms with van der Waals surface area (Å²) in [6.45, 7) is 8.19. The van der Waals surface area contributed by atoms with E-state index in [0.29, 0.717) is 0 Å². The Morgan fingerprint density at radius 3 is 1.97 bits per heavy atom. The Balaban J connectivity index is 1.72. The first kappa shape index (κ1) is 23.3. The molecule has 0 aliphatic carbocycles. The van der Waals surface area contributed by atoms with Crippen LogP contribution in [0.25, 0.3) is 0 Å². The second kappa shape index (κ2) is 8.27. The van der Waals surface area contributed by atoms with Crippen molar-refractivity contribution in [2.45, 2.75) is 101 Å². The average Bonchev–Trinajstić information content (AvgIpc) is 2.61. The maximum atomic E-state index is 10.6. The van der Waals surface area contributed by atoms with Crippen LogP contribution in [0.3, 0.4) is 0 Å². The van der Waals surface area contributed by atoms with Gasteiger partial charge in [0.15, 0.2) is 12.6 Å². The summed E-state index contributed by atoms with van der Waals surface area (Å²) in [4.78, 5) is 0. The van der Waals surface area contributed by atoms with Crippen molar-refractivity contribution in [2.75, 3.05) is 13.2 Å². The minimum absolute atomic E-state index is 0.223. The van der Waals surface area contributed by atoms with Gasteiger partial charge in [-0.05, 0) is 34.6 Å². The smallest absolute Gasteiger partial charge is 0.187 e. The number of aliphatic hydroxyl groups is 5. The fourth-order valence-corrected chi connectivity index (χ4v) is 4.35. The number of aliphatic hydroxyl groups excluding tert-OH is 5. The molecule has 10 atom stereocenters. The van der Waals surface area contributed by atoms with Crippen LogP contribution in [0.4, 0.5) is 0 Å². The lowest BCUT2D eigenvalue weighted by Crippen LogP contribution is -2.72. The minimum atomic E-state index is -1.46. The summed E-state index contributed by atoms with van der Waals surface area (Å²) >= 11 is 0. The van der Waals surface area contributed by atoms with Crippen LogP contribution in [0.2, 0.25) is 0 Å². The van der Waals surface area contributed by atoms with Gasteiger partial charge in [-0.2, -0.15) is 0 Å². The van der Waals surface area contributed by atoms with Crippen LogP contribution in [0, 0.1) is 5.92 Å². The number of hydrogen-bond donors (Lipinski definition) is 5. The maximum absolute atomic E-state index is 10.6. The van der Waals surface area contributed by atoms with Crippen molar-refractivity contribution < 1.29 is 49.2 Å². The van der Waals surface area contributed by atoms with Crippen molar-refractivity contribution in [1.82, 2.24) is 0 Å². The van der Waals surface area contributed by atoms with Crippen LogP contribution >= 0.6 is 0 Å². The van der Waals surface area contributed by atoms with Crippen molar-refractivity contribution in [3.05, 3.63) is 0 Å². The zero-order valence-electron chi connectivity index (χ0n) is 17.5. The summed E-state index contributed by atoms with van der Waals surface area (Å²) < 4.78 is 28.4. The third-order valence-electron chi connectivity index (χ3n) is 5.68. The molecule has 5 N–H and O–H groups in total. The standard InChI is InChI=1S/C19H34O10/c1-18(2,3)29-17-12(23)11(22)14(9(7-21)26-17)27-16-13(24)15-10(8(6-20)25-16)19(4,5)28-15/h8-17,20-24H,6-7H2,1-5H3. The van der Waals surface area contributed by atoms with Crippen LogP contribution in [0.1, 0.15) is 34.6 Å². The molecule has 3 aliphatic heterocycles. The van der Waals surface area contributed by atoms with Gasteiger partial charge < -0.3 is 49.2 Å². The number of ether oxygens (including phenoxy) is 5. The molecule has 0 radical (unpaired) electrons. The van der Waals surface area contributed by atoms with E-state index in [1.165, 1.54) is 0 Å². The van der Waals surface area contributed by atoms with Crippen molar-refractivity contribution in [1.29, 1.82) is 0 Å². The fourth-order valence-electron chi connectivity index (χ4n) is 4.35. The van der Waals surface area contributed by atoms with E-state index in [1.807, 2.05) is 13.8 Å². The molecule has 3 aliphatic rings. The first-order valence-electron chi connectivity index (χ1n) is 9.97. The monoisotopic (exact) mass is 422 g/mol. The lowest BCUT2D eigenvalue weighted by molar-refractivity contribution is -0.405. The topological polar surface area (TPSA) is 147 Å². The second-order valence-corrected chi connectivity index (χ2v) is 9.47. The first-order chi connectivity index (χ1) is 13.4. The Labute approximate surface area is 170 Å². The Bertz CT molecular complexity index is 560. The Hall–Kier alpha value is -0.400. The van der Waals surface area contributed by atoms with E-state index in [-0.39, 0.29) is 12.5 Å². The van der Waals surface area contributed by atoms with Gasteiger partial charge in [0.25, 0.3) is 0 Å². The molecular formula is C19H34O10. The summed E-state index contributed by atoms with van der Waals surface area (Å²) in [7, 11) is 0. The quantitative estimate of drug-likeness (QED) is 0.354. The van der Waals surface area contributed by atoms with Gasteiger partial charge in [0.05, 0.1) is 36.6 Å². The molecule has 0 spiro atoms. The van der Waals surface area contributed by atoms with Gasteiger partial charge in [-0.25, -0.2) is 0 Å². The molecule has 0 aromatic rings. The molecule has 3 heterocycles. The van der Waals surface area contributed by atoms with E-state index in [0.717, 1.165) is 0 Å². The zero-order chi connectivity index (χ0) is 21.7. The second-order valence-electron chi connectivity index (χ2n) is 9.47. The zero-order valence-corrected chi connectivity index (χ0v) is 17.5. The molecule has 10 nitrogen and oxygen atoms in total. The van der Waals surface area contributed by atoms with Crippen LogP contribution in [-0.2, 0) is 23.7 Å². The first-order valence-corrected chi connectivity index (χ1v) is 9.97. The third-order valence-corrected chi connectivity index (χ3v) is 5.68. The van der Waals surface area contributed by atoms with Gasteiger partial charge in [0.2, 0.25) is 0 Å². The van der Waals surface area contributed by atoms with Crippen LogP contribution < -0.4 is 0 Å². The van der Waals surface area contributed by atoms with Crippen molar-refractivity contribution in [2.24, 2.45) is 5.92 Å². The van der Waals surface area contributed by atoms with E-state index >= 15 is 0 Å².